The highest BCUT2D eigenvalue weighted by Crippen LogP contribution is 2.23. The van der Waals surface area contributed by atoms with Crippen LogP contribution in [0.25, 0.3) is 0 Å². The van der Waals surface area contributed by atoms with Gasteiger partial charge >= 0.3 is 0 Å². The molecular weight excluding hydrogens is 238 g/mol. The Morgan fingerprint density at radius 2 is 1.71 bits per heavy atom. The third kappa shape index (κ3) is 3.20. The van der Waals surface area contributed by atoms with E-state index < -0.39 is 9.84 Å². The fourth-order valence-corrected chi connectivity index (χ4v) is 2.00. The highest BCUT2D eigenvalue weighted by atomic mass is 32.2. The quantitative estimate of drug-likeness (QED) is 0.883. The van der Waals surface area contributed by atoms with Crippen LogP contribution in [0.3, 0.4) is 0 Å². The average Bonchev–Trinajstić information content (AvgIpc) is 2.27. The van der Waals surface area contributed by atoms with Crippen LogP contribution in [0.4, 0.5) is 5.69 Å². The molecule has 0 aliphatic heterocycles. The van der Waals surface area contributed by atoms with Crippen molar-refractivity contribution in [3.63, 3.8) is 0 Å². The van der Waals surface area contributed by atoms with E-state index in [4.69, 9.17) is 0 Å². The number of sulfone groups is 1. The van der Waals surface area contributed by atoms with Crippen molar-refractivity contribution >= 4 is 15.5 Å². The number of rotatable bonds is 4. The summed E-state index contributed by atoms with van der Waals surface area (Å²) in [6.45, 7) is 3.85. The first-order chi connectivity index (χ1) is 7.68. The zero-order valence-electron chi connectivity index (χ0n) is 10.6. The number of anilines is 1. The van der Waals surface area contributed by atoms with Gasteiger partial charge in [-0.3, -0.25) is 0 Å². The van der Waals surface area contributed by atoms with E-state index >= 15 is 0 Å². The smallest absolute Gasteiger partial charge is 0.175 e. The lowest BCUT2D eigenvalue weighted by Crippen LogP contribution is -2.44. The molecule has 4 nitrogen and oxygen atoms in total. The lowest BCUT2D eigenvalue weighted by atomic mass is 10.0. The lowest BCUT2D eigenvalue weighted by Gasteiger charge is -2.35. The predicted molar refractivity (Wildman–Crippen MR) is 69.1 cm³/mol. The van der Waals surface area contributed by atoms with Gasteiger partial charge in [0.05, 0.1) is 17.0 Å². The summed E-state index contributed by atoms with van der Waals surface area (Å²) in [5.74, 6) is 0. The molecule has 96 valence electrons. The van der Waals surface area contributed by atoms with Gasteiger partial charge in [0.15, 0.2) is 9.84 Å². The van der Waals surface area contributed by atoms with Crippen LogP contribution < -0.4 is 4.90 Å². The number of aliphatic hydroxyl groups excluding tert-OH is 1. The minimum Gasteiger partial charge on any atom is -0.394 e. The molecule has 0 heterocycles. The van der Waals surface area contributed by atoms with E-state index in [-0.39, 0.29) is 12.1 Å². The van der Waals surface area contributed by atoms with E-state index in [1.807, 2.05) is 25.8 Å². The highest BCUT2D eigenvalue weighted by Gasteiger charge is 2.22. The molecule has 1 rings (SSSR count). The summed E-state index contributed by atoms with van der Waals surface area (Å²) in [7, 11) is -1.29. The molecule has 0 saturated heterocycles. The second kappa shape index (κ2) is 4.66. The van der Waals surface area contributed by atoms with Gasteiger partial charge in [0.2, 0.25) is 0 Å². The number of nitrogens with zero attached hydrogens (tertiary/aromatic N) is 1. The molecule has 0 unspecified atom stereocenters. The topological polar surface area (TPSA) is 57.6 Å². The molecule has 0 spiro atoms. The van der Waals surface area contributed by atoms with Crippen molar-refractivity contribution in [1.29, 1.82) is 0 Å². The summed E-state index contributed by atoms with van der Waals surface area (Å²) >= 11 is 0. The van der Waals surface area contributed by atoms with E-state index in [2.05, 4.69) is 0 Å². The molecule has 1 aromatic rings. The summed E-state index contributed by atoms with van der Waals surface area (Å²) in [6.07, 6.45) is 1.18. The molecular formula is C12H19NO3S. The van der Waals surface area contributed by atoms with Crippen molar-refractivity contribution < 1.29 is 13.5 Å². The Bertz CT molecular complexity index is 477. The third-order valence-electron chi connectivity index (χ3n) is 2.95. The molecule has 1 N–H and O–H groups in total. The van der Waals surface area contributed by atoms with Crippen molar-refractivity contribution in [3.05, 3.63) is 24.3 Å². The van der Waals surface area contributed by atoms with E-state index in [9.17, 15) is 13.5 Å². The van der Waals surface area contributed by atoms with Crippen molar-refractivity contribution in [2.24, 2.45) is 0 Å². The second-order valence-electron chi connectivity index (χ2n) is 4.80. The standard InChI is InChI=1S/C12H19NO3S/c1-12(2,9-14)13(3)10-5-7-11(8-6-10)17(4,15)16/h5-8,14H,9H2,1-4H3. The summed E-state index contributed by atoms with van der Waals surface area (Å²) in [4.78, 5) is 2.22. The summed E-state index contributed by atoms with van der Waals surface area (Å²) in [6, 6.07) is 6.64. The first kappa shape index (κ1) is 14.0. The summed E-state index contributed by atoms with van der Waals surface area (Å²) in [5, 5.41) is 9.27. The fraction of sp³-hybridized carbons (Fsp3) is 0.500. The van der Waals surface area contributed by atoms with Crippen LogP contribution in [0, 0.1) is 0 Å². The van der Waals surface area contributed by atoms with Gasteiger partial charge in [-0.1, -0.05) is 0 Å². The van der Waals surface area contributed by atoms with E-state index in [1.165, 1.54) is 6.26 Å². The molecule has 0 bridgehead atoms. The minimum atomic E-state index is -3.15. The molecule has 5 heteroatoms. The maximum atomic E-state index is 11.3. The van der Waals surface area contributed by atoms with Crippen LogP contribution in [-0.2, 0) is 9.84 Å². The molecule has 0 aliphatic carbocycles. The molecule has 0 radical (unpaired) electrons. The Morgan fingerprint density at radius 3 is 2.06 bits per heavy atom. The van der Waals surface area contributed by atoms with Crippen LogP contribution in [0.2, 0.25) is 0 Å². The Kier molecular flexibility index (Phi) is 3.84. The van der Waals surface area contributed by atoms with Crippen LogP contribution in [0.5, 0.6) is 0 Å². The van der Waals surface area contributed by atoms with Crippen molar-refractivity contribution in [2.75, 3.05) is 24.8 Å². The molecule has 0 saturated carbocycles. The molecule has 17 heavy (non-hydrogen) atoms. The first-order valence-electron chi connectivity index (χ1n) is 5.33. The summed E-state index contributed by atoms with van der Waals surface area (Å²) in [5.41, 5.74) is 0.489. The summed E-state index contributed by atoms with van der Waals surface area (Å²) < 4.78 is 22.6. The monoisotopic (exact) mass is 257 g/mol. The largest absolute Gasteiger partial charge is 0.394 e. The second-order valence-corrected chi connectivity index (χ2v) is 6.81. The molecule has 0 aromatic heterocycles. The van der Waals surface area contributed by atoms with Crippen LogP contribution >= 0.6 is 0 Å². The molecule has 0 amide bonds. The average molecular weight is 257 g/mol. The number of hydrogen-bond donors (Lipinski definition) is 1. The Labute approximate surface area is 103 Å². The maximum absolute atomic E-state index is 11.3. The van der Waals surface area contributed by atoms with Gasteiger partial charge in [0, 0.05) is 19.0 Å². The van der Waals surface area contributed by atoms with Gasteiger partial charge in [0.1, 0.15) is 0 Å². The number of benzene rings is 1. The third-order valence-corrected chi connectivity index (χ3v) is 4.08. The first-order valence-corrected chi connectivity index (χ1v) is 7.22. The minimum absolute atomic E-state index is 0.0251. The van der Waals surface area contributed by atoms with E-state index in [0.29, 0.717) is 4.90 Å². The Balaban J connectivity index is 3.04. The maximum Gasteiger partial charge on any atom is 0.175 e. The van der Waals surface area contributed by atoms with Gasteiger partial charge < -0.3 is 10.0 Å². The van der Waals surface area contributed by atoms with Gasteiger partial charge in [-0.15, -0.1) is 0 Å². The van der Waals surface area contributed by atoms with Crippen LogP contribution in [0.15, 0.2) is 29.2 Å². The van der Waals surface area contributed by atoms with E-state index in [1.54, 1.807) is 24.3 Å². The zero-order chi connectivity index (χ0) is 13.3. The normalized spacial score (nSPS) is 12.5. The fourth-order valence-electron chi connectivity index (χ4n) is 1.37. The predicted octanol–water partition coefficient (Wildman–Crippen LogP) is 1.30. The molecule has 0 fully saturated rings. The van der Waals surface area contributed by atoms with Crippen molar-refractivity contribution in [1.82, 2.24) is 0 Å². The van der Waals surface area contributed by atoms with Crippen LogP contribution in [-0.4, -0.2) is 39.0 Å². The highest BCUT2D eigenvalue weighted by molar-refractivity contribution is 7.90. The van der Waals surface area contributed by atoms with E-state index in [0.717, 1.165) is 5.69 Å². The van der Waals surface area contributed by atoms with Crippen LogP contribution in [0.1, 0.15) is 13.8 Å². The Hall–Kier alpha value is -1.07. The van der Waals surface area contributed by atoms with Crippen molar-refractivity contribution in [3.8, 4) is 0 Å². The number of aliphatic hydroxyl groups is 1. The zero-order valence-corrected chi connectivity index (χ0v) is 11.5. The SMILES string of the molecule is CN(c1ccc(S(C)(=O)=O)cc1)C(C)(C)CO. The Morgan fingerprint density at radius 1 is 1.24 bits per heavy atom. The molecule has 0 atom stereocenters. The number of hydrogen-bond acceptors (Lipinski definition) is 4. The van der Waals surface area contributed by atoms with Gasteiger partial charge in [0.25, 0.3) is 0 Å². The lowest BCUT2D eigenvalue weighted by molar-refractivity contribution is 0.216. The number of likely N-dealkylation sites (N-methyl/N-ethyl adjacent to an activating group) is 1. The van der Waals surface area contributed by atoms with Gasteiger partial charge in [-0.25, -0.2) is 8.42 Å². The van der Waals surface area contributed by atoms with Gasteiger partial charge in [-0.2, -0.15) is 0 Å². The van der Waals surface area contributed by atoms with Crippen molar-refractivity contribution in [2.45, 2.75) is 24.3 Å². The van der Waals surface area contributed by atoms with Gasteiger partial charge in [-0.05, 0) is 38.1 Å². The molecule has 1 aromatic carbocycles. The molecule has 0 aliphatic rings.